The van der Waals surface area contributed by atoms with Gasteiger partial charge in [-0.05, 0) is 39.0 Å². The first-order valence-electron chi connectivity index (χ1n) is 6.52. The summed E-state index contributed by atoms with van der Waals surface area (Å²) in [5, 5.41) is 7.96. The summed E-state index contributed by atoms with van der Waals surface area (Å²) in [4.78, 5) is 14.4. The smallest absolute Gasteiger partial charge is 0.260 e. The maximum absolute atomic E-state index is 12.7. The standard InChI is InChI=1S/C15H18N4O/c1-4-19(14-8-6-5-7-13(14)16)15(20)12-9-10(2)17-18-11(12)3/h5-9H,4,16H2,1-3H3. The van der Waals surface area contributed by atoms with Gasteiger partial charge in [0.15, 0.2) is 0 Å². The maximum atomic E-state index is 12.7. The summed E-state index contributed by atoms with van der Waals surface area (Å²) in [6.07, 6.45) is 0. The summed E-state index contributed by atoms with van der Waals surface area (Å²) in [7, 11) is 0. The highest BCUT2D eigenvalue weighted by molar-refractivity contribution is 6.08. The number of benzene rings is 1. The fourth-order valence-corrected chi connectivity index (χ4v) is 2.07. The summed E-state index contributed by atoms with van der Waals surface area (Å²) in [6.45, 7) is 6.05. The van der Waals surface area contributed by atoms with Crippen LogP contribution in [0.4, 0.5) is 11.4 Å². The summed E-state index contributed by atoms with van der Waals surface area (Å²) in [5.41, 5.74) is 9.15. The number of nitrogens with zero attached hydrogens (tertiary/aromatic N) is 3. The third-order valence-corrected chi connectivity index (χ3v) is 3.12. The van der Waals surface area contributed by atoms with E-state index < -0.39 is 0 Å². The minimum atomic E-state index is -0.110. The number of nitrogens with two attached hydrogens (primary N) is 1. The molecule has 2 rings (SSSR count). The molecule has 0 bridgehead atoms. The van der Waals surface area contributed by atoms with E-state index in [0.717, 1.165) is 5.69 Å². The quantitative estimate of drug-likeness (QED) is 0.869. The first-order chi connectivity index (χ1) is 9.54. The van der Waals surface area contributed by atoms with Crippen molar-refractivity contribution in [1.29, 1.82) is 0 Å². The van der Waals surface area contributed by atoms with Crippen LogP contribution >= 0.6 is 0 Å². The molecule has 0 unspecified atom stereocenters. The van der Waals surface area contributed by atoms with Gasteiger partial charge in [-0.15, -0.1) is 0 Å². The number of anilines is 2. The Bertz CT molecular complexity index is 640. The first kappa shape index (κ1) is 14.0. The fourth-order valence-electron chi connectivity index (χ4n) is 2.07. The summed E-state index contributed by atoms with van der Waals surface area (Å²) < 4.78 is 0. The van der Waals surface area contributed by atoms with E-state index in [9.17, 15) is 4.79 Å². The Morgan fingerprint density at radius 1 is 1.25 bits per heavy atom. The SMILES string of the molecule is CCN(C(=O)c1cc(C)nnc1C)c1ccccc1N. The number of hydrogen-bond acceptors (Lipinski definition) is 4. The molecule has 1 heterocycles. The van der Waals surface area contributed by atoms with Crippen molar-refractivity contribution in [3.05, 3.63) is 47.3 Å². The molecule has 1 aromatic carbocycles. The third-order valence-electron chi connectivity index (χ3n) is 3.12. The Labute approximate surface area is 118 Å². The molecule has 0 radical (unpaired) electrons. The Hall–Kier alpha value is -2.43. The van der Waals surface area contributed by atoms with E-state index in [1.165, 1.54) is 0 Å². The summed E-state index contributed by atoms with van der Waals surface area (Å²) in [6, 6.07) is 9.10. The lowest BCUT2D eigenvalue weighted by atomic mass is 10.1. The predicted molar refractivity (Wildman–Crippen MR) is 79.7 cm³/mol. The number of nitrogen functional groups attached to an aromatic ring is 1. The lowest BCUT2D eigenvalue weighted by molar-refractivity contribution is 0.0987. The van der Waals surface area contributed by atoms with Gasteiger partial charge in [-0.2, -0.15) is 10.2 Å². The molecule has 0 aliphatic carbocycles. The Kier molecular flexibility index (Phi) is 3.98. The minimum absolute atomic E-state index is 0.110. The molecule has 5 heteroatoms. The van der Waals surface area contributed by atoms with E-state index >= 15 is 0 Å². The molecule has 2 N–H and O–H groups in total. The maximum Gasteiger partial charge on any atom is 0.260 e. The largest absolute Gasteiger partial charge is 0.397 e. The van der Waals surface area contributed by atoms with Crippen LogP contribution in [-0.2, 0) is 0 Å². The average Bonchev–Trinajstić information content (AvgIpc) is 2.44. The van der Waals surface area contributed by atoms with Crippen LogP contribution in [0, 0.1) is 13.8 Å². The van der Waals surface area contributed by atoms with Crippen molar-refractivity contribution >= 4 is 17.3 Å². The number of carbonyl (C=O) groups is 1. The fraction of sp³-hybridized carbons (Fsp3) is 0.267. The monoisotopic (exact) mass is 270 g/mol. The number of hydrogen-bond donors (Lipinski definition) is 1. The van der Waals surface area contributed by atoms with Crippen LogP contribution in [0.15, 0.2) is 30.3 Å². The molecular weight excluding hydrogens is 252 g/mol. The van der Waals surface area contributed by atoms with Gasteiger partial charge in [0.2, 0.25) is 0 Å². The third kappa shape index (κ3) is 2.61. The molecule has 0 spiro atoms. The van der Waals surface area contributed by atoms with Crippen LogP contribution in [0.2, 0.25) is 0 Å². The molecule has 0 atom stereocenters. The highest BCUT2D eigenvalue weighted by Crippen LogP contribution is 2.24. The number of aryl methyl sites for hydroxylation is 2. The molecule has 0 saturated carbocycles. The number of aromatic nitrogens is 2. The second kappa shape index (κ2) is 5.69. The highest BCUT2D eigenvalue weighted by atomic mass is 16.2. The van der Waals surface area contributed by atoms with Crippen molar-refractivity contribution < 1.29 is 4.79 Å². The molecule has 104 valence electrons. The molecule has 5 nitrogen and oxygen atoms in total. The van der Waals surface area contributed by atoms with Crippen LogP contribution in [-0.4, -0.2) is 22.6 Å². The van der Waals surface area contributed by atoms with Crippen molar-refractivity contribution in [1.82, 2.24) is 10.2 Å². The van der Waals surface area contributed by atoms with E-state index in [4.69, 9.17) is 5.73 Å². The predicted octanol–water partition coefficient (Wildman–Crippen LogP) is 2.34. The van der Waals surface area contributed by atoms with Gasteiger partial charge in [0.05, 0.1) is 28.3 Å². The summed E-state index contributed by atoms with van der Waals surface area (Å²) in [5.74, 6) is -0.110. The molecular formula is C15H18N4O. The molecule has 0 saturated heterocycles. The van der Waals surface area contributed by atoms with Gasteiger partial charge >= 0.3 is 0 Å². The van der Waals surface area contributed by atoms with Gasteiger partial charge in [0.25, 0.3) is 5.91 Å². The van der Waals surface area contributed by atoms with E-state index in [2.05, 4.69) is 10.2 Å². The summed E-state index contributed by atoms with van der Waals surface area (Å²) >= 11 is 0. The Morgan fingerprint density at radius 2 is 1.95 bits per heavy atom. The van der Waals surface area contributed by atoms with Crippen molar-refractivity contribution in [2.75, 3.05) is 17.2 Å². The van der Waals surface area contributed by atoms with Crippen LogP contribution in [0.5, 0.6) is 0 Å². The van der Waals surface area contributed by atoms with Crippen LogP contribution < -0.4 is 10.6 Å². The van der Waals surface area contributed by atoms with Gasteiger partial charge < -0.3 is 10.6 Å². The highest BCUT2D eigenvalue weighted by Gasteiger charge is 2.20. The lowest BCUT2D eigenvalue weighted by Crippen LogP contribution is -2.32. The first-order valence-corrected chi connectivity index (χ1v) is 6.52. The molecule has 0 aliphatic heterocycles. The molecule has 1 amide bonds. The van der Waals surface area contributed by atoms with E-state index in [0.29, 0.717) is 29.2 Å². The van der Waals surface area contributed by atoms with E-state index in [1.807, 2.05) is 32.0 Å². The minimum Gasteiger partial charge on any atom is -0.397 e. The number of para-hydroxylation sites is 2. The van der Waals surface area contributed by atoms with Gasteiger partial charge in [-0.1, -0.05) is 12.1 Å². The number of amides is 1. The molecule has 2 aromatic rings. The zero-order valence-corrected chi connectivity index (χ0v) is 11.9. The van der Waals surface area contributed by atoms with Gasteiger partial charge in [0.1, 0.15) is 0 Å². The van der Waals surface area contributed by atoms with Gasteiger partial charge in [-0.3, -0.25) is 4.79 Å². The Morgan fingerprint density at radius 3 is 2.60 bits per heavy atom. The lowest BCUT2D eigenvalue weighted by Gasteiger charge is -2.23. The van der Waals surface area contributed by atoms with Gasteiger partial charge in [-0.25, -0.2) is 0 Å². The van der Waals surface area contributed by atoms with Crippen LogP contribution in [0.3, 0.4) is 0 Å². The van der Waals surface area contributed by atoms with Crippen molar-refractivity contribution in [2.24, 2.45) is 0 Å². The number of carbonyl (C=O) groups excluding carboxylic acids is 1. The zero-order chi connectivity index (χ0) is 14.7. The van der Waals surface area contributed by atoms with Gasteiger partial charge in [0, 0.05) is 6.54 Å². The molecule has 0 fully saturated rings. The second-order valence-electron chi connectivity index (χ2n) is 4.59. The second-order valence-corrected chi connectivity index (χ2v) is 4.59. The van der Waals surface area contributed by atoms with Crippen molar-refractivity contribution in [3.63, 3.8) is 0 Å². The zero-order valence-electron chi connectivity index (χ0n) is 11.9. The van der Waals surface area contributed by atoms with E-state index in [-0.39, 0.29) is 5.91 Å². The number of rotatable bonds is 3. The van der Waals surface area contributed by atoms with Crippen LogP contribution in [0.25, 0.3) is 0 Å². The van der Waals surface area contributed by atoms with Crippen molar-refractivity contribution in [3.8, 4) is 0 Å². The average molecular weight is 270 g/mol. The molecule has 20 heavy (non-hydrogen) atoms. The molecule has 0 aliphatic rings. The topological polar surface area (TPSA) is 72.1 Å². The molecule has 1 aromatic heterocycles. The van der Waals surface area contributed by atoms with E-state index in [1.54, 1.807) is 24.0 Å². The van der Waals surface area contributed by atoms with Crippen LogP contribution in [0.1, 0.15) is 28.7 Å². The normalized spacial score (nSPS) is 10.3. The van der Waals surface area contributed by atoms with Crippen molar-refractivity contribution in [2.45, 2.75) is 20.8 Å². The Balaban J connectivity index is 2.45.